The highest BCUT2D eigenvalue weighted by Gasteiger charge is 2.16. The topological polar surface area (TPSA) is 51.4 Å². The van der Waals surface area contributed by atoms with Gasteiger partial charge in [0.05, 0.1) is 17.7 Å². The molecule has 28 heavy (non-hydrogen) atoms. The van der Waals surface area contributed by atoms with Gasteiger partial charge in [-0.3, -0.25) is 9.88 Å². The number of pyridine rings is 1. The normalized spacial score (nSPS) is 11.5. The number of methoxy groups -OCH3 is 1. The van der Waals surface area contributed by atoms with Gasteiger partial charge in [-0.15, -0.1) is 11.3 Å². The molecule has 4 rings (SSSR count). The van der Waals surface area contributed by atoms with Crippen molar-refractivity contribution in [2.24, 2.45) is 0 Å². The van der Waals surface area contributed by atoms with Crippen molar-refractivity contribution in [3.63, 3.8) is 0 Å². The van der Waals surface area contributed by atoms with Crippen LogP contribution in [0.2, 0.25) is 0 Å². The maximum absolute atomic E-state index is 5.91. The molecule has 5 nitrogen and oxygen atoms in total. The minimum absolute atomic E-state index is 0.707. The van der Waals surface area contributed by atoms with Crippen LogP contribution in [-0.2, 0) is 13.1 Å². The number of fused-ring (bicyclic) bond motifs is 1. The first-order valence-corrected chi connectivity index (χ1v) is 9.99. The second-order valence-electron chi connectivity index (χ2n) is 6.93. The van der Waals surface area contributed by atoms with Crippen molar-refractivity contribution in [2.75, 3.05) is 14.2 Å². The van der Waals surface area contributed by atoms with E-state index in [4.69, 9.17) is 14.1 Å². The average Bonchev–Trinajstić information content (AvgIpc) is 3.28. The Morgan fingerprint density at radius 3 is 2.71 bits per heavy atom. The predicted molar refractivity (Wildman–Crippen MR) is 113 cm³/mol. The molecule has 0 unspecified atom stereocenters. The lowest BCUT2D eigenvalue weighted by Crippen LogP contribution is -2.18. The fraction of sp³-hybridized carbons (Fsp3) is 0.273. The van der Waals surface area contributed by atoms with E-state index < -0.39 is 0 Å². The molecule has 3 aromatic heterocycles. The summed E-state index contributed by atoms with van der Waals surface area (Å²) in [5.41, 5.74) is 3.07. The second-order valence-corrected chi connectivity index (χ2v) is 8.22. The zero-order chi connectivity index (χ0) is 19.7. The lowest BCUT2D eigenvalue weighted by atomic mass is 10.1. The molecule has 0 saturated carbocycles. The van der Waals surface area contributed by atoms with Crippen molar-refractivity contribution in [3.05, 3.63) is 64.5 Å². The fourth-order valence-corrected chi connectivity index (χ4v) is 4.13. The van der Waals surface area contributed by atoms with Gasteiger partial charge in [0, 0.05) is 29.5 Å². The van der Waals surface area contributed by atoms with Gasteiger partial charge in [-0.2, -0.15) is 0 Å². The number of hydrogen-bond acceptors (Lipinski definition) is 6. The number of benzene rings is 1. The Labute approximate surface area is 168 Å². The van der Waals surface area contributed by atoms with Crippen molar-refractivity contribution in [1.82, 2.24) is 14.9 Å². The predicted octanol–water partition coefficient (Wildman–Crippen LogP) is 5.21. The summed E-state index contributed by atoms with van der Waals surface area (Å²) in [6.45, 7) is 5.57. The first-order chi connectivity index (χ1) is 13.5. The van der Waals surface area contributed by atoms with E-state index in [1.54, 1.807) is 24.6 Å². The maximum Gasteiger partial charge on any atom is 0.236 e. The van der Waals surface area contributed by atoms with Crippen LogP contribution in [0.15, 0.2) is 47.0 Å². The summed E-state index contributed by atoms with van der Waals surface area (Å²) in [7, 11) is 3.77. The molecule has 4 aromatic rings. The number of thiophene rings is 1. The monoisotopic (exact) mass is 393 g/mol. The molecule has 144 valence electrons. The van der Waals surface area contributed by atoms with Crippen molar-refractivity contribution >= 4 is 22.2 Å². The molecule has 0 aliphatic carbocycles. The molecule has 0 fully saturated rings. The van der Waals surface area contributed by atoms with E-state index in [2.05, 4.69) is 48.1 Å². The van der Waals surface area contributed by atoms with Gasteiger partial charge in [-0.1, -0.05) is 12.1 Å². The standard InChI is InChI=1S/C22H23N3O2S/c1-14-7-10-20(28-14)22-24-18(15(2)27-22)13-25(3)12-16-8-9-19(26-4)21-17(16)6-5-11-23-21/h5-11H,12-13H2,1-4H3. The Morgan fingerprint density at radius 1 is 1.11 bits per heavy atom. The van der Waals surface area contributed by atoms with Gasteiger partial charge in [0.25, 0.3) is 0 Å². The lowest BCUT2D eigenvalue weighted by Gasteiger charge is -2.17. The molecule has 1 aromatic carbocycles. The molecule has 0 aliphatic rings. The number of hydrogen-bond donors (Lipinski definition) is 0. The third kappa shape index (κ3) is 3.66. The molecule has 0 amide bonds. The van der Waals surface area contributed by atoms with Crippen molar-refractivity contribution < 1.29 is 9.15 Å². The molecule has 0 bridgehead atoms. The van der Waals surface area contributed by atoms with Crippen LogP contribution >= 0.6 is 11.3 Å². The van der Waals surface area contributed by atoms with Gasteiger partial charge in [0.2, 0.25) is 5.89 Å². The quantitative estimate of drug-likeness (QED) is 0.450. The average molecular weight is 394 g/mol. The summed E-state index contributed by atoms with van der Waals surface area (Å²) in [5, 5.41) is 1.11. The summed E-state index contributed by atoms with van der Waals surface area (Å²) in [6, 6.07) is 12.3. The molecular formula is C22H23N3O2S. The van der Waals surface area contributed by atoms with Crippen molar-refractivity contribution in [1.29, 1.82) is 0 Å². The number of rotatable bonds is 6. The van der Waals surface area contributed by atoms with E-state index in [1.165, 1.54) is 10.4 Å². The highest BCUT2D eigenvalue weighted by molar-refractivity contribution is 7.15. The maximum atomic E-state index is 5.91. The van der Waals surface area contributed by atoms with E-state index >= 15 is 0 Å². The van der Waals surface area contributed by atoms with Gasteiger partial charge in [0.1, 0.15) is 17.0 Å². The number of aryl methyl sites for hydroxylation is 2. The zero-order valence-electron chi connectivity index (χ0n) is 16.5. The Morgan fingerprint density at radius 2 is 1.96 bits per heavy atom. The second kappa shape index (κ2) is 7.73. The molecule has 0 N–H and O–H groups in total. The van der Waals surface area contributed by atoms with Gasteiger partial charge >= 0.3 is 0 Å². The highest BCUT2D eigenvalue weighted by atomic mass is 32.1. The smallest absolute Gasteiger partial charge is 0.236 e. The summed E-state index contributed by atoms with van der Waals surface area (Å²) in [6.07, 6.45) is 1.80. The number of oxazole rings is 1. The van der Waals surface area contributed by atoms with Crippen molar-refractivity contribution in [3.8, 4) is 16.5 Å². The third-order valence-corrected chi connectivity index (χ3v) is 5.74. The molecule has 0 atom stereocenters. The first-order valence-electron chi connectivity index (χ1n) is 9.17. The van der Waals surface area contributed by atoms with Crippen LogP contribution < -0.4 is 4.74 Å². The minimum atomic E-state index is 0.707. The molecule has 0 spiro atoms. The SMILES string of the molecule is COc1ccc(CN(C)Cc2nc(-c3ccc(C)s3)oc2C)c2cccnc12. The molecule has 0 saturated heterocycles. The number of ether oxygens (including phenoxy) is 1. The zero-order valence-corrected chi connectivity index (χ0v) is 17.3. The van der Waals surface area contributed by atoms with Crippen LogP contribution in [0.3, 0.4) is 0 Å². The number of nitrogens with zero attached hydrogens (tertiary/aromatic N) is 3. The third-order valence-electron chi connectivity index (χ3n) is 4.75. The fourth-order valence-electron chi connectivity index (χ4n) is 3.34. The summed E-state index contributed by atoms with van der Waals surface area (Å²) >= 11 is 1.70. The van der Waals surface area contributed by atoms with Crippen LogP contribution in [0.1, 0.15) is 21.9 Å². The van der Waals surface area contributed by atoms with Crippen LogP contribution in [-0.4, -0.2) is 29.0 Å². The molecule has 3 heterocycles. The number of aromatic nitrogens is 2. The van der Waals surface area contributed by atoms with Crippen molar-refractivity contribution in [2.45, 2.75) is 26.9 Å². The molecule has 0 aliphatic heterocycles. The molecule has 6 heteroatoms. The Bertz CT molecular complexity index is 1120. The van der Waals surface area contributed by atoms with E-state index in [9.17, 15) is 0 Å². The summed E-state index contributed by atoms with van der Waals surface area (Å²) in [4.78, 5) is 13.8. The highest BCUT2D eigenvalue weighted by Crippen LogP contribution is 2.30. The van der Waals surface area contributed by atoms with Gasteiger partial charge in [-0.05, 0) is 50.7 Å². The Hall–Kier alpha value is -2.70. The largest absolute Gasteiger partial charge is 0.494 e. The Kier molecular flexibility index (Phi) is 5.15. The van der Waals surface area contributed by atoms with Crippen LogP contribution in [0, 0.1) is 13.8 Å². The first kappa shape index (κ1) is 18.7. The molecule has 0 radical (unpaired) electrons. The van der Waals surface area contributed by atoms with E-state index in [0.29, 0.717) is 12.4 Å². The van der Waals surface area contributed by atoms with E-state index in [1.807, 2.05) is 19.1 Å². The molecular weight excluding hydrogens is 370 g/mol. The van der Waals surface area contributed by atoms with Gasteiger partial charge in [-0.25, -0.2) is 4.98 Å². The van der Waals surface area contributed by atoms with Gasteiger partial charge in [0.15, 0.2) is 0 Å². The van der Waals surface area contributed by atoms with E-state index in [0.717, 1.165) is 39.5 Å². The van der Waals surface area contributed by atoms with Crippen LogP contribution in [0.5, 0.6) is 5.75 Å². The van der Waals surface area contributed by atoms with Gasteiger partial charge < -0.3 is 9.15 Å². The minimum Gasteiger partial charge on any atom is -0.494 e. The summed E-state index contributed by atoms with van der Waals surface area (Å²) in [5.74, 6) is 2.37. The van der Waals surface area contributed by atoms with E-state index in [-0.39, 0.29) is 0 Å². The summed E-state index contributed by atoms with van der Waals surface area (Å²) < 4.78 is 11.4. The van der Waals surface area contributed by atoms with Crippen LogP contribution in [0.25, 0.3) is 21.7 Å². The van der Waals surface area contributed by atoms with Crippen LogP contribution in [0.4, 0.5) is 0 Å². The lowest BCUT2D eigenvalue weighted by molar-refractivity contribution is 0.314. The Balaban J connectivity index is 1.55.